The summed E-state index contributed by atoms with van der Waals surface area (Å²) in [6.07, 6.45) is -0.344. The van der Waals surface area contributed by atoms with Crippen LogP contribution in [0.3, 0.4) is 0 Å². The molecule has 90 valence electrons. The van der Waals surface area contributed by atoms with E-state index in [1.54, 1.807) is 0 Å². The maximum atomic E-state index is 13.4. The average molecular weight is 234 g/mol. The van der Waals surface area contributed by atoms with Gasteiger partial charge in [0.15, 0.2) is 0 Å². The molecule has 1 aromatic rings. The Morgan fingerprint density at radius 3 is 2.88 bits per heavy atom. The molecule has 0 N–H and O–H groups in total. The third-order valence-electron chi connectivity index (χ3n) is 3.06. The molecule has 4 nitrogen and oxygen atoms in total. The van der Waals surface area contributed by atoms with E-state index in [9.17, 15) is 4.39 Å². The van der Waals surface area contributed by atoms with Gasteiger partial charge < -0.3 is 0 Å². The van der Waals surface area contributed by atoms with Gasteiger partial charge in [0, 0.05) is 30.6 Å². The van der Waals surface area contributed by atoms with Gasteiger partial charge in [-0.3, -0.25) is 4.90 Å². The van der Waals surface area contributed by atoms with Crippen LogP contribution in [0.2, 0.25) is 0 Å². The zero-order valence-electron chi connectivity index (χ0n) is 9.54. The Morgan fingerprint density at radius 1 is 1.41 bits per heavy atom. The molecule has 0 aliphatic carbocycles. The lowest BCUT2D eigenvalue weighted by Gasteiger charge is -2.22. The van der Waals surface area contributed by atoms with Crippen molar-refractivity contribution in [2.45, 2.75) is 25.2 Å². The third-order valence-corrected chi connectivity index (χ3v) is 3.06. The van der Waals surface area contributed by atoms with Gasteiger partial charge in [-0.2, -0.15) is 0 Å². The van der Waals surface area contributed by atoms with Crippen LogP contribution in [-0.2, 0) is 6.54 Å². The fraction of sp³-hybridized carbons (Fsp3) is 0.500. The first-order chi connectivity index (χ1) is 8.29. The summed E-state index contributed by atoms with van der Waals surface area (Å²) in [6, 6.07) is 9.98. The third kappa shape index (κ3) is 3.19. The molecule has 0 radical (unpaired) electrons. The highest BCUT2D eigenvalue weighted by molar-refractivity contribution is 5.15. The maximum absolute atomic E-state index is 13.4. The van der Waals surface area contributed by atoms with E-state index in [2.05, 4.69) is 14.9 Å². The van der Waals surface area contributed by atoms with Crippen molar-refractivity contribution < 1.29 is 4.39 Å². The molecule has 2 atom stereocenters. The van der Waals surface area contributed by atoms with Crippen molar-refractivity contribution in [3.8, 4) is 0 Å². The topological polar surface area (TPSA) is 52.0 Å². The van der Waals surface area contributed by atoms with Gasteiger partial charge in [0.05, 0.1) is 0 Å². The van der Waals surface area contributed by atoms with Gasteiger partial charge in [-0.25, -0.2) is 4.39 Å². The van der Waals surface area contributed by atoms with E-state index < -0.39 is 6.17 Å². The Labute approximate surface area is 99.7 Å². The average Bonchev–Trinajstić information content (AvgIpc) is 2.68. The maximum Gasteiger partial charge on any atom is 0.114 e. The molecule has 1 saturated heterocycles. The fourth-order valence-corrected chi connectivity index (χ4v) is 2.25. The van der Waals surface area contributed by atoms with Crippen molar-refractivity contribution in [2.24, 2.45) is 5.11 Å². The van der Waals surface area contributed by atoms with Crippen LogP contribution in [0.25, 0.3) is 10.4 Å². The molecule has 17 heavy (non-hydrogen) atoms. The van der Waals surface area contributed by atoms with Crippen molar-refractivity contribution in [3.05, 3.63) is 46.3 Å². The second-order valence-electron chi connectivity index (χ2n) is 4.32. The first kappa shape index (κ1) is 11.9. The molecule has 0 aromatic heterocycles. The molecule has 1 heterocycles. The smallest absolute Gasteiger partial charge is 0.114 e. The number of hydrogen-bond donors (Lipinski definition) is 0. The van der Waals surface area contributed by atoms with Crippen LogP contribution in [0.5, 0.6) is 0 Å². The SMILES string of the molecule is [N-]=[N+]=NCC1CC(F)CN1Cc1ccccc1. The standard InChI is InChI=1S/C12H15FN4/c13-11-6-12(7-15-16-14)17(9-11)8-10-4-2-1-3-5-10/h1-5,11-12H,6-9H2. The number of halogens is 1. The molecule has 2 unspecified atom stereocenters. The number of benzene rings is 1. The van der Waals surface area contributed by atoms with Crippen molar-refractivity contribution in [3.63, 3.8) is 0 Å². The second kappa shape index (κ2) is 5.66. The van der Waals surface area contributed by atoms with Gasteiger partial charge in [0.1, 0.15) is 6.17 Å². The number of nitrogens with zero attached hydrogens (tertiary/aromatic N) is 4. The Morgan fingerprint density at radius 2 is 2.18 bits per heavy atom. The number of likely N-dealkylation sites (tertiary alicyclic amines) is 1. The fourth-order valence-electron chi connectivity index (χ4n) is 2.25. The molecule has 0 saturated carbocycles. The van der Waals surface area contributed by atoms with E-state index in [0.717, 1.165) is 5.56 Å². The minimum Gasteiger partial charge on any atom is -0.293 e. The van der Waals surface area contributed by atoms with Crippen LogP contribution in [0, 0.1) is 0 Å². The minimum atomic E-state index is -0.808. The van der Waals surface area contributed by atoms with E-state index in [-0.39, 0.29) is 6.04 Å². The normalized spacial score (nSPS) is 24.5. The Hall–Kier alpha value is -1.58. The predicted molar refractivity (Wildman–Crippen MR) is 64.2 cm³/mol. The number of azide groups is 1. The summed E-state index contributed by atoms with van der Waals surface area (Å²) in [5.74, 6) is 0. The quantitative estimate of drug-likeness (QED) is 0.449. The highest BCUT2D eigenvalue weighted by Gasteiger charge is 2.31. The largest absolute Gasteiger partial charge is 0.293 e. The predicted octanol–water partition coefficient (Wildman–Crippen LogP) is 2.91. The van der Waals surface area contributed by atoms with Crippen LogP contribution in [0.4, 0.5) is 4.39 Å². The second-order valence-corrected chi connectivity index (χ2v) is 4.32. The van der Waals surface area contributed by atoms with Crippen LogP contribution >= 0.6 is 0 Å². The lowest BCUT2D eigenvalue weighted by Crippen LogP contribution is -2.31. The van der Waals surface area contributed by atoms with E-state index in [4.69, 9.17) is 5.53 Å². The molecule has 1 aromatic carbocycles. The molecule has 2 rings (SSSR count). The first-order valence-corrected chi connectivity index (χ1v) is 5.72. The molecule has 0 amide bonds. The summed E-state index contributed by atoms with van der Waals surface area (Å²) in [7, 11) is 0. The van der Waals surface area contributed by atoms with Crippen LogP contribution in [-0.4, -0.2) is 30.2 Å². The van der Waals surface area contributed by atoms with Crippen molar-refractivity contribution in [1.29, 1.82) is 0 Å². The summed E-state index contributed by atoms with van der Waals surface area (Å²) in [4.78, 5) is 4.79. The Kier molecular flexibility index (Phi) is 3.96. The van der Waals surface area contributed by atoms with E-state index >= 15 is 0 Å². The van der Waals surface area contributed by atoms with Crippen molar-refractivity contribution in [1.82, 2.24) is 4.90 Å². The highest BCUT2D eigenvalue weighted by Crippen LogP contribution is 2.22. The van der Waals surface area contributed by atoms with Gasteiger partial charge in [-0.1, -0.05) is 35.4 Å². The molecule has 1 fully saturated rings. The lowest BCUT2D eigenvalue weighted by molar-refractivity contribution is 0.238. The summed E-state index contributed by atoms with van der Waals surface area (Å²) in [5.41, 5.74) is 9.47. The Balaban J connectivity index is 2.00. The summed E-state index contributed by atoms with van der Waals surface area (Å²) in [5, 5.41) is 3.55. The van der Waals surface area contributed by atoms with Gasteiger partial charge in [-0.05, 0) is 17.5 Å². The molecule has 1 aliphatic heterocycles. The van der Waals surface area contributed by atoms with E-state index in [1.165, 1.54) is 0 Å². The zero-order chi connectivity index (χ0) is 12.1. The molecular weight excluding hydrogens is 219 g/mol. The number of rotatable bonds is 4. The summed E-state index contributed by atoms with van der Waals surface area (Å²) < 4.78 is 13.4. The van der Waals surface area contributed by atoms with Crippen LogP contribution < -0.4 is 0 Å². The van der Waals surface area contributed by atoms with Gasteiger partial charge >= 0.3 is 0 Å². The minimum absolute atomic E-state index is 0.0288. The molecule has 0 spiro atoms. The number of alkyl halides is 1. The van der Waals surface area contributed by atoms with Crippen LogP contribution in [0.1, 0.15) is 12.0 Å². The summed E-state index contributed by atoms with van der Waals surface area (Å²) >= 11 is 0. The van der Waals surface area contributed by atoms with Gasteiger partial charge in [-0.15, -0.1) is 0 Å². The molecule has 0 bridgehead atoms. The lowest BCUT2D eigenvalue weighted by atomic mass is 10.2. The summed E-state index contributed by atoms with van der Waals surface area (Å²) in [6.45, 7) is 1.50. The first-order valence-electron chi connectivity index (χ1n) is 5.72. The molecule has 1 aliphatic rings. The van der Waals surface area contributed by atoms with E-state index in [1.807, 2.05) is 30.3 Å². The molecular formula is C12H15FN4. The van der Waals surface area contributed by atoms with Gasteiger partial charge in [0.2, 0.25) is 0 Å². The van der Waals surface area contributed by atoms with Crippen molar-refractivity contribution in [2.75, 3.05) is 13.1 Å². The zero-order valence-corrected chi connectivity index (χ0v) is 9.54. The van der Waals surface area contributed by atoms with Crippen molar-refractivity contribution >= 4 is 0 Å². The highest BCUT2D eigenvalue weighted by atomic mass is 19.1. The van der Waals surface area contributed by atoms with Crippen LogP contribution in [0.15, 0.2) is 35.4 Å². The molecule has 5 heteroatoms. The van der Waals surface area contributed by atoms with Gasteiger partial charge in [0.25, 0.3) is 0 Å². The monoisotopic (exact) mass is 234 g/mol. The Bertz CT molecular complexity index is 402. The van der Waals surface area contributed by atoms with E-state index in [0.29, 0.717) is 26.1 Å². The number of hydrogen-bond acceptors (Lipinski definition) is 2.